The standard InChI is InChI=1S/C21H24N4O/c1-15-12-16(2)25(23-15)14-19-9-5-11-24(19)20(26)13-18-7-3-6-17-8-4-10-22-21(17)18/h3-4,6-8,10,12,19H,5,9,11,13-14H2,1-2H3. The van der Waals surface area contributed by atoms with Gasteiger partial charge in [-0.1, -0.05) is 24.3 Å². The Kier molecular flexibility index (Phi) is 4.45. The molecule has 4 rings (SSSR count). The fourth-order valence-electron chi connectivity index (χ4n) is 3.99. The van der Waals surface area contributed by atoms with Gasteiger partial charge in [0.25, 0.3) is 0 Å². The summed E-state index contributed by atoms with van der Waals surface area (Å²) in [5.41, 5.74) is 4.11. The number of benzene rings is 1. The Morgan fingerprint density at radius 2 is 2.08 bits per heavy atom. The van der Waals surface area contributed by atoms with Crippen LogP contribution in [0.25, 0.3) is 10.9 Å². The molecule has 0 radical (unpaired) electrons. The van der Waals surface area contributed by atoms with E-state index < -0.39 is 0 Å². The van der Waals surface area contributed by atoms with Crippen molar-refractivity contribution in [1.82, 2.24) is 19.7 Å². The topological polar surface area (TPSA) is 51.0 Å². The van der Waals surface area contributed by atoms with Crippen LogP contribution in [0.4, 0.5) is 0 Å². The summed E-state index contributed by atoms with van der Waals surface area (Å²) in [4.78, 5) is 19.5. The number of hydrogen-bond acceptors (Lipinski definition) is 3. The Bertz CT molecular complexity index is 941. The second-order valence-corrected chi connectivity index (χ2v) is 7.16. The third kappa shape index (κ3) is 3.21. The smallest absolute Gasteiger partial charge is 0.227 e. The highest BCUT2D eigenvalue weighted by atomic mass is 16.2. The second-order valence-electron chi connectivity index (χ2n) is 7.16. The molecule has 0 aliphatic carbocycles. The van der Waals surface area contributed by atoms with E-state index in [1.165, 1.54) is 0 Å². The van der Waals surface area contributed by atoms with E-state index in [1.54, 1.807) is 6.20 Å². The van der Waals surface area contributed by atoms with Crippen molar-refractivity contribution >= 4 is 16.8 Å². The number of rotatable bonds is 4. The highest BCUT2D eigenvalue weighted by Gasteiger charge is 2.29. The second kappa shape index (κ2) is 6.90. The van der Waals surface area contributed by atoms with Gasteiger partial charge in [0, 0.05) is 23.8 Å². The van der Waals surface area contributed by atoms with Crippen molar-refractivity contribution < 1.29 is 4.79 Å². The van der Waals surface area contributed by atoms with Gasteiger partial charge in [-0.2, -0.15) is 5.10 Å². The first kappa shape index (κ1) is 16.8. The summed E-state index contributed by atoms with van der Waals surface area (Å²) in [7, 11) is 0. The van der Waals surface area contributed by atoms with E-state index >= 15 is 0 Å². The van der Waals surface area contributed by atoms with Crippen molar-refractivity contribution in [3.05, 3.63) is 59.5 Å². The minimum atomic E-state index is 0.187. The molecule has 2 aromatic heterocycles. The van der Waals surface area contributed by atoms with Crippen LogP contribution in [-0.2, 0) is 17.8 Å². The first-order chi connectivity index (χ1) is 12.6. The lowest BCUT2D eigenvalue weighted by Crippen LogP contribution is -2.39. The number of fused-ring (bicyclic) bond motifs is 1. The quantitative estimate of drug-likeness (QED) is 0.727. The van der Waals surface area contributed by atoms with Crippen LogP contribution in [0.15, 0.2) is 42.6 Å². The predicted octanol–water partition coefficient (Wildman–Crippen LogP) is 3.28. The average Bonchev–Trinajstić information content (AvgIpc) is 3.22. The molecule has 5 heteroatoms. The predicted molar refractivity (Wildman–Crippen MR) is 102 cm³/mol. The van der Waals surface area contributed by atoms with Gasteiger partial charge in [-0.25, -0.2) is 0 Å². The first-order valence-electron chi connectivity index (χ1n) is 9.25. The molecule has 5 nitrogen and oxygen atoms in total. The number of hydrogen-bond donors (Lipinski definition) is 0. The summed E-state index contributed by atoms with van der Waals surface area (Å²) in [6, 6.07) is 12.3. The van der Waals surface area contributed by atoms with E-state index in [1.807, 2.05) is 46.8 Å². The molecule has 3 aromatic rings. The Labute approximate surface area is 153 Å². The molecular weight excluding hydrogens is 324 g/mol. The van der Waals surface area contributed by atoms with Crippen LogP contribution in [0.2, 0.25) is 0 Å². The number of nitrogens with zero attached hydrogens (tertiary/aromatic N) is 4. The van der Waals surface area contributed by atoms with Crippen molar-refractivity contribution in [1.29, 1.82) is 0 Å². The Morgan fingerprint density at radius 3 is 2.88 bits per heavy atom. The molecule has 1 amide bonds. The van der Waals surface area contributed by atoms with Gasteiger partial charge in [-0.15, -0.1) is 0 Å². The van der Waals surface area contributed by atoms with E-state index in [0.29, 0.717) is 6.42 Å². The van der Waals surface area contributed by atoms with Gasteiger partial charge in [0.2, 0.25) is 5.91 Å². The van der Waals surface area contributed by atoms with E-state index in [4.69, 9.17) is 0 Å². The van der Waals surface area contributed by atoms with Crippen LogP contribution >= 0.6 is 0 Å². The summed E-state index contributed by atoms with van der Waals surface area (Å²) in [5, 5.41) is 5.64. The lowest BCUT2D eigenvalue weighted by atomic mass is 10.1. The molecule has 1 atom stereocenters. The van der Waals surface area contributed by atoms with Crippen LogP contribution < -0.4 is 0 Å². The monoisotopic (exact) mass is 348 g/mol. The van der Waals surface area contributed by atoms with E-state index in [9.17, 15) is 4.79 Å². The minimum Gasteiger partial charge on any atom is -0.338 e. The fraction of sp³-hybridized carbons (Fsp3) is 0.381. The van der Waals surface area contributed by atoms with Crippen LogP contribution in [0, 0.1) is 13.8 Å². The Hall–Kier alpha value is -2.69. The van der Waals surface area contributed by atoms with Gasteiger partial charge in [0.05, 0.1) is 30.2 Å². The average molecular weight is 348 g/mol. The van der Waals surface area contributed by atoms with Crippen molar-refractivity contribution in [3.8, 4) is 0 Å². The van der Waals surface area contributed by atoms with Crippen molar-refractivity contribution in [2.24, 2.45) is 0 Å². The summed E-state index contributed by atoms with van der Waals surface area (Å²) in [6.07, 6.45) is 4.29. The molecule has 0 N–H and O–H groups in total. The minimum absolute atomic E-state index is 0.187. The number of carbonyl (C=O) groups excluding carboxylic acids is 1. The highest BCUT2D eigenvalue weighted by molar-refractivity contribution is 5.87. The lowest BCUT2D eigenvalue weighted by Gasteiger charge is -2.25. The van der Waals surface area contributed by atoms with Gasteiger partial charge < -0.3 is 4.90 Å². The van der Waals surface area contributed by atoms with E-state index in [-0.39, 0.29) is 11.9 Å². The summed E-state index contributed by atoms with van der Waals surface area (Å²) in [6.45, 7) is 5.69. The molecule has 0 spiro atoms. The number of amides is 1. The maximum atomic E-state index is 13.0. The molecule has 1 aromatic carbocycles. The molecule has 1 aliphatic heterocycles. The largest absolute Gasteiger partial charge is 0.338 e. The molecule has 26 heavy (non-hydrogen) atoms. The van der Waals surface area contributed by atoms with Gasteiger partial charge in [-0.3, -0.25) is 14.5 Å². The normalized spacial score (nSPS) is 17.2. The SMILES string of the molecule is Cc1cc(C)n(CC2CCCN2C(=O)Cc2cccc3cccnc23)n1. The summed E-state index contributed by atoms with van der Waals surface area (Å²) < 4.78 is 2.03. The van der Waals surface area contributed by atoms with Gasteiger partial charge >= 0.3 is 0 Å². The molecule has 1 fully saturated rings. The number of carbonyl (C=O) groups is 1. The van der Waals surface area contributed by atoms with Crippen LogP contribution in [0.5, 0.6) is 0 Å². The first-order valence-corrected chi connectivity index (χ1v) is 9.25. The molecule has 0 saturated carbocycles. The van der Waals surface area contributed by atoms with Gasteiger partial charge in [-0.05, 0) is 44.4 Å². The number of aryl methyl sites for hydroxylation is 2. The van der Waals surface area contributed by atoms with Gasteiger partial charge in [0.15, 0.2) is 0 Å². The van der Waals surface area contributed by atoms with Crippen molar-refractivity contribution in [2.75, 3.05) is 6.54 Å². The Balaban J connectivity index is 1.52. The lowest BCUT2D eigenvalue weighted by molar-refractivity contribution is -0.131. The van der Waals surface area contributed by atoms with Crippen LogP contribution in [-0.4, -0.2) is 38.2 Å². The fourth-order valence-corrected chi connectivity index (χ4v) is 3.99. The maximum absolute atomic E-state index is 13.0. The number of pyridine rings is 1. The Morgan fingerprint density at radius 1 is 1.23 bits per heavy atom. The molecular formula is C21H24N4O. The zero-order valence-corrected chi connectivity index (χ0v) is 15.4. The van der Waals surface area contributed by atoms with Crippen LogP contribution in [0.1, 0.15) is 29.8 Å². The van der Waals surface area contributed by atoms with Crippen molar-refractivity contribution in [2.45, 2.75) is 45.7 Å². The van der Waals surface area contributed by atoms with Gasteiger partial charge in [0.1, 0.15) is 0 Å². The summed E-state index contributed by atoms with van der Waals surface area (Å²) in [5.74, 6) is 0.187. The summed E-state index contributed by atoms with van der Waals surface area (Å²) >= 11 is 0. The third-order valence-corrected chi connectivity index (χ3v) is 5.24. The molecule has 134 valence electrons. The zero-order chi connectivity index (χ0) is 18.1. The molecule has 0 bridgehead atoms. The molecule has 1 saturated heterocycles. The molecule has 1 aliphatic rings. The zero-order valence-electron chi connectivity index (χ0n) is 15.4. The van der Waals surface area contributed by atoms with E-state index in [0.717, 1.165) is 53.8 Å². The van der Waals surface area contributed by atoms with Crippen molar-refractivity contribution in [3.63, 3.8) is 0 Å². The highest BCUT2D eigenvalue weighted by Crippen LogP contribution is 2.23. The van der Waals surface area contributed by atoms with E-state index in [2.05, 4.69) is 23.1 Å². The number of aromatic nitrogens is 3. The maximum Gasteiger partial charge on any atom is 0.227 e. The molecule has 3 heterocycles. The number of likely N-dealkylation sites (tertiary alicyclic amines) is 1. The third-order valence-electron chi connectivity index (χ3n) is 5.24. The number of para-hydroxylation sites is 1. The van der Waals surface area contributed by atoms with Crippen LogP contribution in [0.3, 0.4) is 0 Å². The molecule has 1 unspecified atom stereocenters.